The van der Waals surface area contributed by atoms with Crippen molar-refractivity contribution in [2.45, 2.75) is 25.7 Å². The van der Waals surface area contributed by atoms with Crippen molar-refractivity contribution in [1.82, 2.24) is 0 Å². The molecule has 0 fully saturated rings. The smallest absolute Gasteiger partial charge is 0.262 e. The van der Waals surface area contributed by atoms with Crippen LogP contribution in [-0.4, -0.2) is 25.0 Å². The van der Waals surface area contributed by atoms with E-state index in [0.29, 0.717) is 16.5 Å². The van der Waals surface area contributed by atoms with E-state index in [4.69, 9.17) is 16.3 Å². The lowest BCUT2D eigenvalue weighted by Gasteiger charge is -2.26. The number of carbonyl (C=O) groups excluding carboxylic acids is 2. The predicted molar refractivity (Wildman–Crippen MR) is 101 cm³/mol. The summed E-state index contributed by atoms with van der Waals surface area (Å²) in [5, 5.41) is 3.50. The summed E-state index contributed by atoms with van der Waals surface area (Å²) in [6.07, 6.45) is 1.87. The zero-order valence-electron chi connectivity index (χ0n) is 14.4. The highest BCUT2D eigenvalue weighted by Crippen LogP contribution is 2.44. The molecular weight excluding hydrogens is 352 g/mol. The minimum Gasteiger partial charge on any atom is -0.484 e. The fourth-order valence-corrected chi connectivity index (χ4v) is 3.77. The van der Waals surface area contributed by atoms with Crippen LogP contribution in [0.3, 0.4) is 0 Å². The average Bonchev–Trinajstić information content (AvgIpc) is 2.88. The average molecular weight is 371 g/mol. The molecule has 0 radical (unpaired) electrons. The van der Waals surface area contributed by atoms with Gasteiger partial charge < -0.3 is 15.0 Å². The van der Waals surface area contributed by atoms with Gasteiger partial charge in [0.25, 0.3) is 5.91 Å². The lowest BCUT2D eigenvalue weighted by Crippen LogP contribution is -2.32. The van der Waals surface area contributed by atoms with Crippen LogP contribution in [0, 0.1) is 0 Å². The predicted octanol–water partition coefficient (Wildman–Crippen LogP) is 3.75. The molecule has 0 saturated carbocycles. The Labute approximate surface area is 156 Å². The Bertz CT molecular complexity index is 879. The number of hydrogen-bond acceptors (Lipinski definition) is 3. The maximum Gasteiger partial charge on any atom is 0.262 e. The number of rotatable bonds is 4. The van der Waals surface area contributed by atoms with Gasteiger partial charge in [-0.05, 0) is 67.3 Å². The fourth-order valence-electron chi connectivity index (χ4n) is 3.64. The van der Waals surface area contributed by atoms with Gasteiger partial charge in [-0.25, -0.2) is 0 Å². The lowest BCUT2D eigenvalue weighted by atomic mass is 9.96. The van der Waals surface area contributed by atoms with Gasteiger partial charge >= 0.3 is 0 Å². The first-order valence-corrected chi connectivity index (χ1v) is 9.07. The largest absolute Gasteiger partial charge is 0.484 e. The number of amides is 2. The van der Waals surface area contributed by atoms with Gasteiger partial charge in [-0.3, -0.25) is 9.59 Å². The fraction of sp³-hybridized carbons (Fsp3) is 0.300. The molecule has 0 spiro atoms. The number of anilines is 2. The van der Waals surface area contributed by atoms with E-state index in [1.807, 2.05) is 24.0 Å². The molecule has 2 aliphatic heterocycles. The summed E-state index contributed by atoms with van der Waals surface area (Å²) in [6.45, 7) is 2.62. The van der Waals surface area contributed by atoms with E-state index in [1.165, 1.54) is 0 Å². The van der Waals surface area contributed by atoms with E-state index in [1.54, 1.807) is 24.3 Å². The van der Waals surface area contributed by atoms with Crippen molar-refractivity contribution < 1.29 is 14.3 Å². The van der Waals surface area contributed by atoms with Crippen LogP contribution in [0.2, 0.25) is 5.02 Å². The molecule has 0 saturated heterocycles. The zero-order chi connectivity index (χ0) is 18.3. The standard InChI is InChI=1S/C20H19ClN2O3/c1-12-17-10-15(9-13-3-2-8-23(19(13)17)20(12)25)22-18(24)11-26-16-6-4-14(21)5-7-16/h4-7,9-10,12H,2-3,8,11H2,1H3,(H,22,24)/t12-/m1/s1. The Kier molecular flexibility index (Phi) is 4.32. The Morgan fingerprint density at radius 1 is 1.31 bits per heavy atom. The van der Waals surface area contributed by atoms with Crippen LogP contribution in [0.4, 0.5) is 11.4 Å². The Morgan fingerprint density at radius 2 is 2.08 bits per heavy atom. The summed E-state index contributed by atoms with van der Waals surface area (Å²) >= 11 is 5.83. The monoisotopic (exact) mass is 370 g/mol. The van der Waals surface area contributed by atoms with Crippen molar-refractivity contribution in [1.29, 1.82) is 0 Å². The molecule has 4 rings (SSSR count). The van der Waals surface area contributed by atoms with Crippen molar-refractivity contribution >= 4 is 34.8 Å². The van der Waals surface area contributed by atoms with Gasteiger partial charge in [0.15, 0.2) is 6.61 Å². The molecule has 2 aromatic carbocycles. The van der Waals surface area contributed by atoms with Gasteiger partial charge in [0.2, 0.25) is 5.91 Å². The molecule has 1 atom stereocenters. The number of halogens is 1. The van der Waals surface area contributed by atoms with Crippen LogP contribution in [0.5, 0.6) is 5.75 Å². The molecule has 2 aromatic rings. The van der Waals surface area contributed by atoms with Crippen molar-refractivity contribution in [3.63, 3.8) is 0 Å². The molecule has 0 aromatic heterocycles. The number of ether oxygens (including phenoxy) is 1. The summed E-state index contributed by atoms with van der Waals surface area (Å²) in [6, 6.07) is 10.7. The Balaban J connectivity index is 1.48. The first-order chi connectivity index (χ1) is 12.5. The van der Waals surface area contributed by atoms with Crippen LogP contribution in [0.15, 0.2) is 36.4 Å². The third-order valence-corrected chi connectivity index (χ3v) is 5.14. The molecule has 0 unspecified atom stereocenters. The van der Waals surface area contributed by atoms with Crippen molar-refractivity contribution in [2.75, 3.05) is 23.4 Å². The molecule has 0 aliphatic carbocycles. The van der Waals surface area contributed by atoms with E-state index >= 15 is 0 Å². The van der Waals surface area contributed by atoms with Crippen molar-refractivity contribution in [2.24, 2.45) is 0 Å². The molecule has 1 N–H and O–H groups in total. The molecule has 0 bridgehead atoms. The minimum absolute atomic E-state index is 0.0886. The zero-order valence-corrected chi connectivity index (χ0v) is 15.2. The maximum atomic E-state index is 12.4. The summed E-state index contributed by atoms with van der Waals surface area (Å²) < 4.78 is 5.48. The third-order valence-electron chi connectivity index (χ3n) is 4.89. The molecule has 26 heavy (non-hydrogen) atoms. The van der Waals surface area contributed by atoms with Gasteiger partial charge in [-0.2, -0.15) is 0 Å². The normalized spacial score (nSPS) is 17.8. The second-order valence-electron chi connectivity index (χ2n) is 6.68. The van der Waals surface area contributed by atoms with Crippen LogP contribution in [0.25, 0.3) is 0 Å². The molecule has 134 valence electrons. The highest BCUT2D eigenvalue weighted by Gasteiger charge is 2.37. The molecule has 5 nitrogen and oxygen atoms in total. The van der Waals surface area contributed by atoms with Crippen LogP contribution in [0.1, 0.15) is 30.4 Å². The molecule has 2 heterocycles. The number of nitrogens with zero attached hydrogens (tertiary/aromatic N) is 1. The van der Waals surface area contributed by atoms with Gasteiger partial charge in [0.1, 0.15) is 5.75 Å². The highest BCUT2D eigenvalue weighted by atomic mass is 35.5. The molecule has 6 heteroatoms. The van der Waals surface area contributed by atoms with E-state index in [2.05, 4.69) is 5.32 Å². The second kappa shape index (κ2) is 6.65. The molecular formula is C20H19ClN2O3. The number of benzene rings is 2. The lowest BCUT2D eigenvalue weighted by molar-refractivity contribution is -0.119. The maximum absolute atomic E-state index is 12.4. The number of aryl methyl sites for hydroxylation is 1. The first-order valence-electron chi connectivity index (χ1n) is 8.69. The first kappa shape index (κ1) is 16.9. The summed E-state index contributed by atoms with van der Waals surface area (Å²) in [4.78, 5) is 26.5. The summed E-state index contributed by atoms with van der Waals surface area (Å²) in [5.74, 6) is 0.333. The minimum atomic E-state index is -0.239. The van der Waals surface area contributed by atoms with Crippen LogP contribution in [-0.2, 0) is 16.0 Å². The van der Waals surface area contributed by atoms with Gasteiger partial charge in [0.05, 0.1) is 11.6 Å². The van der Waals surface area contributed by atoms with E-state index in [0.717, 1.165) is 36.2 Å². The van der Waals surface area contributed by atoms with Crippen LogP contribution >= 0.6 is 11.6 Å². The molecule has 2 amide bonds. The Morgan fingerprint density at radius 3 is 2.85 bits per heavy atom. The van der Waals surface area contributed by atoms with Crippen molar-refractivity contribution in [3.05, 3.63) is 52.5 Å². The topological polar surface area (TPSA) is 58.6 Å². The summed E-state index contributed by atoms with van der Waals surface area (Å²) in [5.41, 5.74) is 3.89. The van der Waals surface area contributed by atoms with Gasteiger partial charge in [-0.1, -0.05) is 11.6 Å². The van der Waals surface area contributed by atoms with E-state index in [-0.39, 0.29) is 24.3 Å². The van der Waals surface area contributed by atoms with E-state index in [9.17, 15) is 9.59 Å². The molecule has 2 aliphatic rings. The van der Waals surface area contributed by atoms with Crippen LogP contribution < -0.4 is 15.0 Å². The van der Waals surface area contributed by atoms with Gasteiger partial charge in [0, 0.05) is 17.3 Å². The number of nitrogens with one attached hydrogen (secondary N) is 1. The van der Waals surface area contributed by atoms with Crippen molar-refractivity contribution in [3.8, 4) is 5.75 Å². The highest BCUT2D eigenvalue weighted by molar-refractivity contribution is 6.30. The number of hydrogen-bond donors (Lipinski definition) is 1. The quantitative estimate of drug-likeness (QED) is 0.891. The second-order valence-corrected chi connectivity index (χ2v) is 7.12. The Hall–Kier alpha value is -2.53. The van der Waals surface area contributed by atoms with E-state index < -0.39 is 0 Å². The summed E-state index contributed by atoms with van der Waals surface area (Å²) in [7, 11) is 0. The number of carbonyl (C=O) groups is 2. The SMILES string of the molecule is C[C@H]1C(=O)N2CCCc3cc(NC(=O)COc4ccc(Cl)cc4)cc1c32. The third kappa shape index (κ3) is 3.03. The van der Waals surface area contributed by atoms with Gasteiger partial charge in [-0.15, -0.1) is 0 Å².